The third-order valence-electron chi connectivity index (χ3n) is 4.82. The molecule has 2 heterocycles. The summed E-state index contributed by atoms with van der Waals surface area (Å²) in [6, 6.07) is 5.92. The van der Waals surface area contributed by atoms with E-state index in [4.69, 9.17) is 0 Å². The number of aliphatic imine (C=N–C) groups is 1. The lowest BCUT2D eigenvalue weighted by Gasteiger charge is -2.21. The third kappa shape index (κ3) is 8.15. The number of pyridine rings is 1. The Hall–Kier alpha value is -1.91. The second-order valence-corrected chi connectivity index (χ2v) is 7.38. The molecule has 1 atom stereocenters. The van der Waals surface area contributed by atoms with Gasteiger partial charge in [-0.05, 0) is 18.6 Å². The maximum absolute atomic E-state index is 12.3. The summed E-state index contributed by atoms with van der Waals surface area (Å²) in [6.07, 6.45) is 3.35. The maximum Gasteiger partial charge on any atom is 0.241 e. The van der Waals surface area contributed by atoms with Crippen molar-refractivity contribution < 1.29 is 9.59 Å². The van der Waals surface area contributed by atoms with Gasteiger partial charge in [-0.15, -0.1) is 24.0 Å². The Balaban J connectivity index is 0.00000420. The number of amides is 2. The number of nitrogens with zero attached hydrogens (tertiary/aromatic N) is 4. The molecular weight excluding hydrogens is 483 g/mol. The van der Waals surface area contributed by atoms with Crippen molar-refractivity contribution in [2.24, 2.45) is 10.9 Å². The average Bonchev–Trinajstić information content (AvgIpc) is 3.17. The number of halogens is 1. The summed E-state index contributed by atoms with van der Waals surface area (Å²) < 4.78 is 0. The van der Waals surface area contributed by atoms with Gasteiger partial charge < -0.3 is 20.4 Å². The second-order valence-electron chi connectivity index (χ2n) is 7.38. The van der Waals surface area contributed by atoms with E-state index in [9.17, 15) is 9.59 Å². The summed E-state index contributed by atoms with van der Waals surface area (Å²) in [5.41, 5.74) is 0.967. The Labute approximate surface area is 190 Å². The standard InChI is InChI=1S/C20H32N6O2.HI/c1-15(2)19(28)26-12-9-17(14-26)24-20(21-3)23-13-18(27)25(4)11-8-16-7-5-6-10-22-16;/h5-7,10,15,17H,8-9,11-14H2,1-4H3,(H2,21,23,24);1H. The van der Waals surface area contributed by atoms with Crippen LogP contribution in [0.1, 0.15) is 26.0 Å². The fraction of sp³-hybridized carbons (Fsp3) is 0.600. The summed E-state index contributed by atoms with van der Waals surface area (Å²) in [6.45, 7) is 6.02. The molecule has 0 aromatic carbocycles. The van der Waals surface area contributed by atoms with E-state index in [1.165, 1.54) is 0 Å². The highest BCUT2D eigenvalue weighted by Gasteiger charge is 2.28. The zero-order chi connectivity index (χ0) is 20.5. The highest BCUT2D eigenvalue weighted by Crippen LogP contribution is 2.12. The molecule has 2 amide bonds. The van der Waals surface area contributed by atoms with Crippen molar-refractivity contribution in [3.8, 4) is 0 Å². The molecule has 0 radical (unpaired) electrons. The summed E-state index contributed by atoms with van der Waals surface area (Å²) in [5, 5.41) is 6.38. The van der Waals surface area contributed by atoms with Crippen molar-refractivity contribution >= 4 is 41.8 Å². The number of hydrogen-bond acceptors (Lipinski definition) is 4. The maximum atomic E-state index is 12.3. The first-order valence-electron chi connectivity index (χ1n) is 9.80. The van der Waals surface area contributed by atoms with Crippen LogP contribution in [0, 0.1) is 5.92 Å². The van der Waals surface area contributed by atoms with Crippen LogP contribution in [0.2, 0.25) is 0 Å². The monoisotopic (exact) mass is 516 g/mol. The summed E-state index contributed by atoms with van der Waals surface area (Å²) >= 11 is 0. The summed E-state index contributed by atoms with van der Waals surface area (Å²) in [7, 11) is 3.46. The molecule has 0 bridgehead atoms. The predicted molar refractivity (Wildman–Crippen MR) is 125 cm³/mol. The topological polar surface area (TPSA) is 89.9 Å². The molecule has 1 aromatic heterocycles. The van der Waals surface area contributed by atoms with Gasteiger partial charge in [-0.1, -0.05) is 19.9 Å². The third-order valence-corrected chi connectivity index (χ3v) is 4.82. The predicted octanol–water partition coefficient (Wildman–Crippen LogP) is 1.12. The van der Waals surface area contributed by atoms with Crippen molar-refractivity contribution in [2.75, 3.05) is 40.3 Å². The number of guanidine groups is 1. The smallest absolute Gasteiger partial charge is 0.241 e. The quantitative estimate of drug-likeness (QED) is 0.322. The Kier molecular flexibility index (Phi) is 10.9. The minimum atomic E-state index is -0.0121. The van der Waals surface area contributed by atoms with Gasteiger partial charge in [0.2, 0.25) is 11.8 Å². The summed E-state index contributed by atoms with van der Waals surface area (Å²) in [4.78, 5) is 36.5. The van der Waals surface area contributed by atoms with Crippen LogP contribution in [-0.4, -0.2) is 78.9 Å². The first-order valence-corrected chi connectivity index (χ1v) is 9.80. The zero-order valence-corrected chi connectivity index (χ0v) is 20.1. The average molecular weight is 516 g/mol. The molecule has 0 aliphatic carbocycles. The van der Waals surface area contributed by atoms with Crippen molar-refractivity contribution in [2.45, 2.75) is 32.7 Å². The molecule has 2 rings (SSSR count). The minimum absolute atomic E-state index is 0. The first-order chi connectivity index (χ1) is 13.4. The van der Waals surface area contributed by atoms with Gasteiger partial charge in [0.05, 0.1) is 6.54 Å². The molecule has 9 heteroatoms. The number of likely N-dealkylation sites (N-methyl/N-ethyl adjacent to an activating group) is 1. The minimum Gasteiger partial charge on any atom is -0.352 e. The van der Waals surface area contributed by atoms with Gasteiger partial charge in [-0.3, -0.25) is 19.6 Å². The van der Waals surface area contributed by atoms with Crippen LogP contribution >= 0.6 is 24.0 Å². The highest BCUT2D eigenvalue weighted by molar-refractivity contribution is 14.0. The van der Waals surface area contributed by atoms with Crippen molar-refractivity contribution in [3.05, 3.63) is 30.1 Å². The SMILES string of the molecule is CN=C(NCC(=O)N(C)CCc1ccccn1)NC1CCN(C(=O)C(C)C)C1.I. The second kappa shape index (κ2) is 12.6. The van der Waals surface area contributed by atoms with Crippen LogP contribution in [0.5, 0.6) is 0 Å². The Morgan fingerprint density at radius 1 is 1.38 bits per heavy atom. The molecule has 162 valence electrons. The fourth-order valence-electron chi connectivity index (χ4n) is 3.08. The van der Waals surface area contributed by atoms with Crippen LogP contribution < -0.4 is 10.6 Å². The first kappa shape index (κ1) is 25.1. The Morgan fingerprint density at radius 2 is 2.14 bits per heavy atom. The van der Waals surface area contributed by atoms with Gasteiger partial charge in [0.1, 0.15) is 0 Å². The number of likely N-dealkylation sites (tertiary alicyclic amines) is 1. The molecule has 1 aliphatic rings. The summed E-state index contributed by atoms with van der Waals surface area (Å²) in [5.74, 6) is 0.754. The number of hydrogen-bond donors (Lipinski definition) is 2. The lowest BCUT2D eigenvalue weighted by Crippen LogP contribution is -2.48. The molecule has 1 saturated heterocycles. The molecule has 1 unspecified atom stereocenters. The van der Waals surface area contributed by atoms with E-state index in [2.05, 4.69) is 20.6 Å². The van der Waals surface area contributed by atoms with Gasteiger partial charge in [-0.25, -0.2) is 0 Å². The molecule has 2 N–H and O–H groups in total. The van der Waals surface area contributed by atoms with Crippen LogP contribution in [0.15, 0.2) is 29.4 Å². The van der Waals surface area contributed by atoms with Crippen LogP contribution in [-0.2, 0) is 16.0 Å². The van der Waals surface area contributed by atoms with Gasteiger partial charge in [0.15, 0.2) is 5.96 Å². The van der Waals surface area contributed by atoms with E-state index < -0.39 is 0 Å². The van der Waals surface area contributed by atoms with E-state index in [0.29, 0.717) is 19.0 Å². The van der Waals surface area contributed by atoms with E-state index >= 15 is 0 Å². The molecule has 0 spiro atoms. The van der Waals surface area contributed by atoms with Gasteiger partial charge in [0.25, 0.3) is 0 Å². The molecule has 1 aliphatic heterocycles. The lowest BCUT2D eigenvalue weighted by atomic mass is 10.2. The Morgan fingerprint density at radius 3 is 2.76 bits per heavy atom. The normalized spacial score (nSPS) is 16.4. The number of carbonyl (C=O) groups excluding carboxylic acids is 2. The fourth-order valence-corrected chi connectivity index (χ4v) is 3.08. The van der Waals surface area contributed by atoms with Crippen molar-refractivity contribution in [1.29, 1.82) is 0 Å². The van der Waals surface area contributed by atoms with Gasteiger partial charge >= 0.3 is 0 Å². The van der Waals surface area contributed by atoms with Crippen molar-refractivity contribution in [1.82, 2.24) is 25.4 Å². The lowest BCUT2D eigenvalue weighted by molar-refractivity contribution is -0.133. The number of rotatable bonds is 7. The van der Waals surface area contributed by atoms with Gasteiger partial charge in [-0.2, -0.15) is 0 Å². The molecule has 8 nitrogen and oxygen atoms in total. The largest absolute Gasteiger partial charge is 0.352 e. The van der Waals surface area contributed by atoms with E-state index in [-0.39, 0.29) is 54.3 Å². The molecule has 1 aromatic rings. The Bertz CT molecular complexity index is 683. The molecule has 0 saturated carbocycles. The van der Waals surface area contributed by atoms with E-state index in [0.717, 1.165) is 25.1 Å². The number of carbonyl (C=O) groups is 2. The number of nitrogens with one attached hydrogen (secondary N) is 2. The molecule has 29 heavy (non-hydrogen) atoms. The molecular formula is C20H33IN6O2. The van der Waals surface area contributed by atoms with E-state index in [1.54, 1.807) is 25.2 Å². The van der Waals surface area contributed by atoms with Crippen LogP contribution in [0.3, 0.4) is 0 Å². The van der Waals surface area contributed by atoms with E-state index in [1.807, 2.05) is 36.9 Å². The molecule has 1 fully saturated rings. The van der Waals surface area contributed by atoms with Gasteiger partial charge in [0, 0.05) is 64.0 Å². The number of aromatic nitrogens is 1. The highest BCUT2D eigenvalue weighted by atomic mass is 127. The van der Waals surface area contributed by atoms with Crippen molar-refractivity contribution in [3.63, 3.8) is 0 Å². The zero-order valence-electron chi connectivity index (χ0n) is 17.7. The van der Waals surface area contributed by atoms with Crippen LogP contribution in [0.4, 0.5) is 0 Å². The van der Waals surface area contributed by atoms with Crippen LogP contribution in [0.25, 0.3) is 0 Å².